The first-order valence-corrected chi connectivity index (χ1v) is 9.56. The first kappa shape index (κ1) is 15.1. The third-order valence-electron chi connectivity index (χ3n) is 5.91. The van der Waals surface area contributed by atoms with Gasteiger partial charge in [-0.15, -0.1) is 0 Å². The zero-order chi connectivity index (χ0) is 15.5. The summed E-state index contributed by atoms with van der Waals surface area (Å²) in [7, 11) is 0. The molecule has 0 aliphatic heterocycles. The average molecular weight is 308 g/mol. The molecule has 122 valence electrons. The van der Waals surface area contributed by atoms with Gasteiger partial charge in [0.05, 0.1) is 6.61 Å². The standard InChI is InChI=1S/C22H28O/c1-2-8-17(9-3-1)16-23-22-15-14-19(18-10-4-5-11-18)20-12-6-7-13-21(20)22/h6-7,12-15,17-18H,1-5,8-11,16H2. The Morgan fingerprint density at radius 1 is 0.739 bits per heavy atom. The summed E-state index contributed by atoms with van der Waals surface area (Å²) in [6.07, 6.45) is 12.4. The second kappa shape index (κ2) is 6.95. The van der Waals surface area contributed by atoms with Gasteiger partial charge in [0.15, 0.2) is 0 Å². The summed E-state index contributed by atoms with van der Waals surface area (Å²) in [4.78, 5) is 0. The minimum atomic E-state index is 0.757. The molecule has 0 unspecified atom stereocenters. The molecule has 0 N–H and O–H groups in total. The molecular formula is C22H28O. The normalized spacial score (nSPS) is 20.2. The van der Waals surface area contributed by atoms with Crippen LogP contribution in [-0.2, 0) is 0 Å². The fraction of sp³-hybridized carbons (Fsp3) is 0.545. The lowest BCUT2D eigenvalue weighted by Gasteiger charge is -2.22. The Hall–Kier alpha value is -1.50. The molecule has 4 rings (SSSR count). The molecule has 2 aromatic carbocycles. The smallest absolute Gasteiger partial charge is 0.127 e. The lowest BCUT2D eigenvalue weighted by molar-refractivity contribution is 0.210. The first-order chi connectivity index (χ1) is 11.4. The van der Waals surface area contributed by atoms with E-state index in [1.807, 2.05) is 0 Å². The lowest BCUT2D eigenvalue weighted by atomic mass is 9.90. The van der Waals surface area contributed by atoms with Gasteiger partial charge >= 0.3 is 0 Å². The van der Waals surface area contributed by atoms with Crippen LogP contribution in [0.25, 0.3) is 10.8 Å². The van der Waals surface area contributed by atoms with Gasteiger partial charge in [-0.1, -0.05) is 62.4 Å². The first-order valence-electron chi connectivity index (χ1n) is 9.56. The van der Waals surface area contributed by atoms with Gasteiger partial charge in [0.2, 0.25) is 0 Å². The molecule has 0 radical (unpaired) electrons. The van der Waals surface area contributed by atoms with Crippen LogP contribution in [0.3, 0.4) is 0 Å². The van der Waals surface area contributed by atoms with Crippen molar-refractivity contribution >= 4 is 10.8 Å². The monoisotopic (exact) mass is 308 g/mol. The molecule has 0 bridgehead atoms. The summed E-state index contributed by atoms with van der Waals surface area (Å²) in [5.74, 6) is 2.61. The Morgan fingerprint density at radius 3 is 2.22 bits per heavy atom. The van der Waals surface area contributed by atoms with Crippen LogP contribution in [0.1, 0.15) is 69.3 Å². The van der Waals surface area contributed by atoms with Gasteiger partial charge in [-0.05, 0) is 54.5 Å². The summed E-state index contributed by atoms with van der Waals surface area (Å²) < 4.78 is 6.28. The highest BCUT2D eigenvalue weighted by molar-refractivity contribution is 5.91. The summed E-state index contributed by atoms with van der Waals surface area (Å²) in [5, 5.41) is 2.73. The maximum atomic E-state index is 6.28. The summed E-state index contributed by atoms with van der Waals surface area (Å²) in [6.45, 7) is 0.896. The van der Waals surface area contributed by atoms with Crippen molar-refractivity contribution in [2.75, 3.05) is 6.61 Å². The van der Waals surface area contributed by atoms with Crippen LogP contribution >= 0.6 is 0 Å². The van der Waals surface area contributed by atoms with E-state index in [0.29, 0.717) is 0 Å². The maximum Gasteiger partial charge on any atom is 0.127 e. The number of hydrogen-bond acceptors (Lipinski definition) is 1. The van der Waals surface area contributed by atoms with E-state index in [1.54, 1.807) is 5.56 Å². The van der Waals surface area contributed by atoms with Crippen LogP contribution in [0.2, 0.25) is 0 Å². The van der Waals surface area contributed by atoms with Crippen molar-refractivity contribution in [3.05, 3.63) is 42.0 Å². The highest BCUT2D eigenvalue weighted by Gasteiger charge is 2.20. The van der Waals surface area contributed by atoms with E-state index in [2.05, 4.69) is 36.4 Å². The number of benzene rings is 2. The molecule has 0 spiro atoms. The van der Waals surface area contributed by atoms with Gasteiger partial charge in [-0.3, -0.25) is 0 Å². The van der Waals surface area contributed by atoms with Gasteiger partial charge in [-0.2, -0.15) is 0 Å². The molecule has 2 aliphatic rings. The lowest BCUT2D eigenvalue weighted by Crippen LogP contribution is -2.15. The van der Waals surface area contributed by atoms with E-state index in [4.69, 9.17) is 4.74 Å². The molecule has 1 nitrogen and oxygen atoms in total. The molecule has 0 aromatic heterocycles. The largest absolute Gasteiger partial charge is 0.493 e. The van der Waals surface area contributed by atoms with Crippen LogP contribution < -0.4 is 4.74 Å². The van der Waals surface area contributed by atoms with Gasteiger partial charge in [-0.25, -0.2) is 0 Å². The van der Waals surface area contributed by atoms with Crippen molar-refractivity contribution in [1.29, 1.82) is 0 Å². The van der Waals surface area contributed by atoms with Crippen LogP contribution in [0.15, 0.2) is 36.4 Å². The van der Waals surface area contributed by atoms with E-state index in [0.717, 1.165) is 24.2 Å². The fourth-order valence-corrected chi connectivity index (χ4v) is 4.57. The van der Waals surface area contributed by atoms with E-state index in [-0.39, 0.29) is 0 Å². The predicted molar refractivity (Wildman–Crippen MR) is 97.2 cm³/mol. The minimum absolute atomic E-state index is 0.757. The Bertz CT molecular complexity index is 648. The quantitative estimate of drug-likeness (QED) is 0.630. The van der Waals surface area contributed by atoms with Crippen molar-refractivity contribution in [1.82, 2.24) is 0 Å². The topological polar surface area (TPSA) is 9.23 Å². The Balaban J connectivity index is 1.58. The van der Waals surface area contributed by atoms with Crippen LogP contribution in [-0.4, -0.2) is 6.61 Å². The highest BCUT2D eigenvalue weighted by atomic mass is 16.5. The Labute approximate surface area is 140 Å². The summed E-state index contributed by atoms with van der Waals surface area (Å²) in [5.41, 5.74) is 1.54. The second-order valence-corrected chi connectivity index (χ2v) is 7.49. The maximum absolute atomic E-state index is 6.28. The van der Waals surface area contributed by atoms with E-state index in [9.17, 15) is 0 Å². The molecule has 2 aliphatic carbocycles. The Morgan fingerprint density at radius 2 is 1.43 bits per heavy atom. The third-order valence-corrected chi connectivity index (χ3v) is 5.91. The van der Waals surface area contributed by atoms with Crippen molar-refractivity contribution in [3.63, 3.8) is 0 Å². The fourth-order valence-electron chi connectivity index (χ4n) is 4.57. The van der Waals surface area contributed by atoms with Gasteiger partial charge < -0.3 is 4.74 Å². The summed E-state index contributed by atoms with van der Waals surface area (Å²) >= 11 is 0. The molecule has 23 heavy (non-hydrogen) atoms. The van der Waals surface area contributed by atoms with E-state index in [1.165, 1.54) is 68.6 Å². The zero-order valence-corrected chi connectivity index (χ0v) is 14.1. The zero-order valence-electron chi connectivity index (χ0n) is 14.1. The van der Waals surface area contributed by atoms with Crippen LogP contribution in [0, 0.1) is 5.92 Å². The number of fused-ring (bicyclic) bond motifs is 1. The molecule has 0 amide bonds. The van der Waals surface area contributed by atoms with Crippen LogP contribution in [0.5, 0.6) is 5.75 Å². The van der Waals surface area contributed by atoms with Gasteiger partial charge in [0.25, 0.3) is 0 Å². The molecule has 2 aromatic rings. The molecule has 0 atom stereocenters. The average Bonchev–Trinajstić information content (AvgIpc) is 3.15. The van der Waals surface area contributed by atoms with Crippen molar-refractivity contribution < 1.29 is 4.74 Å². The molecule has 0 heterocycles. The molecule has 1 heteroatoms. The SMILES string of the molecule is c1ccc2c(C3CCCC3)ccc(OCC3CCCCC3)c2c1. The van der Waals surface area contributed by atoms with Crippen molar-refractivity contribution in [2.45, 2.75) is 63.7 Å². The van der Waals surface area contributed by atoms with Crippen molar-refractivity contribution in [3.8, 4) is 5.75 Å². The van der Waals surface area contributed by atoms with Gasteiger partial charge in [0.1, 0.15) is 5.75 Å². The minimum Gasteiger partial charge on any atom is -0.493 e. The van der Waals surface area contributed by atoms with E-state index < -0.39 is 0 Å². The summed E-state index contributed by atoms with van der Waals surface area (Å²) in [6, 6.07) is 13.4. The second-order valence-electron chi connectivity index (χ2n) is 7.49. The molecule has 0 saturated heterocycles. The molecule has 2 fully saturated rings. The molecular weight excluding hydrogens is 280 g/mol. The van der Waals surface area contributed by atoms with Crippen molar-refractivity contribution in [2.24, 2.45) is 5.92 Å². The third kappa shape index (κ3) is 3.24. The Kier molecular flexibility index (Phi) is 4.55. The number of rotatable bonds is 4. The van der Waals surface area contributed by atoms with E-state index >= 15 is 0 Å². The predicted octanol–water partition coefficient (Wildman–Crippen LogP) is 6.46. The molecule has 2 saturated carbocycles. The van der Waals surface area contributed by atoms with Crippen LogP contribution in [0.4, 0.5) is 0 Å². The number of hydrogen-bond donors (Lipinski definition) is 0. The number of ether oxygens (including phenoxy) is 1. The highest BCUT2D eigenvalue weighted by Crippen LogP contribution is 2.40. The van der Waals surface area contributed by atoms with Gasteiger partial charge in [0, 0.05) is 5.39 Å².